The second kappa shape index (κ2) is 8.08. The zero-order chi connectivity index (χ0) is 16.8. The molecule has 2 rings (SSSR count). The van der Waals surface area contributed by atoms with Gasteiger partial charge in [0.15, 0.2) is 0 Å². The molecule has 0 radical (unpaired) electrons. The first kappa shape index (κ1) is 17.4. The van der Waals surface area contributed by atoms with E-state index in [1.54, 1.807) is 36.2 Å². The Morgan fingerprint density at radius 3 is 2.70 bits per heavy atom. The molecule has 1 aromatic carbocycles. The Bertz CT molecular complexity index is 554. The summed E-state index contributed by atoms with van der Waals surface area (Å²) in [7, 11) is 5.72. The van der Waals surface area contributed by atoms with E-state index in [9.17, 15) is 9.59 Å². The summed E-state index contributed by atoms with van der Waals surface area (Å²) < 4.78 is 5.37. The first-order valence-corrected chi connectivity index (χ1v) is 7.90. The van der Waals surface area contributed by atoms with E-state index in [-0.39, 0.29) is 17.9 Å². The van der Waals surface area contributed by atoms with Crippen molar-refractivity contribution in [3.63, 3.8) is 0 Å². The van der Waals surface area contributed by atoms with Crippen LogP contribution >= 0.6 is 0 Å². The molecule has 0 spiro atoms. The molecule has 2 amide bonds. The van der Waals surface area contributed by atoms with Gasteiger partial charge in [0.25, 0.3) is 11.8 Å². The van der Waals surface area contributed by atoms with Crippen LogP contribution in [-0.2, 0) is 9.53 Å². The largest absolute Gasteiger partial charge is 0.368 e. The summed E-state index contributed by atoms with van der Waals surface area (Å²) in [6.07, 6.45) is 1.28. The molecule has 1 unspecified atom stereocenters. The van der Waals surface area contributed by atoms with Crippen molar-refractivity contribution >= 4 is 17.5 Å². The molecule has 1 aromatic rings. The van der Waals surface area contributed by atoms with E-state index in [2.05, 4.69) is 5.32 Å². The highest BCUT2D eigenvalue weighted by Crippen LogP contribution is 2.17. The number of likely N-dealkylation sites (N-methyl/N-ethyl adjacent to an activating group) is 2. The van der Waals surface area contributed by atoms with E-state index < -0.39 is 0 Å². The topological polar surface area (TPSA) is 61.9 Å². The lowest BCUT2D eigenvalue weighted by atomic mass is 10.1. The molecule has 0 aliphatic carbocycles. The first-order valence-electron chi connectivity index (χ1n) is 7.90. The quantitative estimate of drug-likeness (QED) is 0.862. The fourth-order valence-electron chi connectivity index (χ4n) is 2.41. The molecule has 6 nitrogen and oxygen atoms in total. The monoisotopic (exact) mass is 319 g/mol. The number of hydrogen-bond donors (Lipinski definition) is 1. The fourth-order valence-corrected chi connectivity index (χ4v) is 2.41. The molecular formula is C17H25N3O3. The number of nitrogens with zero attached hydrogens (tertiary/aromatic N) is 2. The number of nitrogens with one attached hydrogen (secondary N) is 1. The molecule has 23 heavy (non-hydrogen) atoms. The number of anilines is 1. The van der Waals surface area contributed by atoms with Gasteiger partial charge in [0.1, 0.15) is 6.10 Å². The average Bonchev–Trinajstić information content (AvgIpc) is 3.06. The van der Waals surface area contributed by atoms with Crippen LogP contribution in [0.15, 0.2) is 24.3 Å². The number of rotatable bonds is 6. The van der Waals surface area contributed by atoms with Gasteiger partial charge in [-0.15, -0.1) is 0 Å². The third-order valence-electron chi connectivity index (χ3n) is 3.83. The summed E-state index contributed by atoms with van der Waals surface area (Å²) in [5.74, 6) is -0.201. The van der Waals surface area contributed by atoms with E-state index in [1.807, 2.05) is 19.0 Å². The van der Waals surface area contributed by atoms with Crippen molar-refractivity contribution in [3.05, 3.63) is 29.8 Å². The van der Waals surface area contributed by atoms with Gasteiger partial charge in [-0.2, -0.15) is 0 Å². The molecule has 6 heteroatoms. The molecule has 0 bridgehead atoms. The Hall–Kier alpha value is -1.92. The smallest absolute Gasteiger partial charge is 0.253 e. The maximum absolute atomic E-state index is 12.4. The molecule has 1 heterocycles. The number of carbonyl (C=O) groups excluding carboxylic acids is 2. The number of ether oxygens (including phenoxy) is 1. The van der Waals surface area contributed by atoms with E-state index in [4.69, 9.17) is 4.74 Å². The van der Waals surface area contributed by atoms with Crippen molar-refractivity contribution in [1.82, 2.24) is 9.80 Å². The van der Waals surface area contributed by atoms with Gasteiger partial charge in [-0.05, 0) is 45.1 Å². The Morgan fingerprint density at radius 1 is 1.26 bits per heavy atom. The molecule has 126 valence electrons. The zero-order valence-corrected chi connectivity index (χ0v) is 14.0. The predicted molar refractivity (Wildman–Crippen MR) is 89.6 cm³/mol. The van der Waals surface area contributed by atoms with Crippen LogP contribution < -0.4 is 5.32 Å². The molecule has 0 saturated carbocycles. The second-order valence-corrected chi connectivity index (χ2v) is 6.10. The summed E-state index contributed by atoms with van der Waals surface area (Å²) in [4.78, 5) is 28.2. The highest BCUT2D eigenvalue weighted by Gasteiger charge is 2.23. The van der Waals surface area contributed by atoms with Crippen molar-refractivity contribution < 1.29 is 14.3 Å². The molecule has 1 atom stereocenters. The van der Waals surface area contributed by atoms with E-state index in [0.717, 1.165) is 19.4 Å². The minimum Gasteiger partial charge on any atom is -0.368 e. The molecule has 1 saturated heterocycles. The van der Waals surface area contributed by atoms with Crippen LogP contribution in [0.3, 0.4) is 0 Å². The molecule has 1 fully saturated rings. The highest BCUT2D eigenvalue weighted by molar-refractivity contribution is 5.98. The van der Waals surface area contributed by atoms with Gasteiger partial charge < -0.3 is 19.9 Å². The third kappa shape index (κ3) is 5.04. The summed E-state index contributed by atoms with van der Waals surface area (Å²) in [5, 5.41) is 2.83. The second-order valence-electron chi connectivity index (χ2n) is 6.10. The van der Waals surface area contributed by atoms with Crippen molar-refractivity contribution in [2.45, 2.75) is 18.9 Å². The number of carbonyl (C=O) groups is 2. The molecular weight excluding hydrogens is 294 g/mol. The normalized spacial score (nSPS) is 17.3. The van der Waals surface area contributed by atoms with Crippen LogP contribution in [-0.4, -0.2) is 68.6 Å². The molecule has 1 aliphatic heterocycles. The Labute approximate surface area is 137 Å². The Kier molecular flexibility index (Phi) is 6.12. The molecule has 1 N–H and O–H groups in total. The molecule has 0 aromatic heterocycles. The fraction of sp³-hybridized carbons (Fsp3) is 0.529. The predicted octanol–water partition coefficient (Wildman–Crippen LogP) is 1.44. The maximum atomic E-state index is 12.4. The van der Waals surface area contributed by atoms with E-state index in [1.165, 1.54) is 0 Å². The lowest BCUT2D eigenvalue weighted by Crippen LogP contribution is -2.33. The van der Waals surface area contributed by atoms with Crippen molar-refractivity contribution in [2.75, 3.05) is 46.2 Å². The average molecular weight is 319 g/mol. The summed E-state index contributed by atoms with van der Waals surface area (Å²) in [6.45, 7) is 2.09. The Balaban J connectivity index is 1.98. The van der Waals surface area contributed by atoms with Crippen LogP contribution in [0.5, 0.6) is 0 Å². The summed E-state index contributed by atoms with van der Waals surface area (Å²) >= 11 is 0. The van der Waals surface area contributed by atoms with E-state index >= 15 is 0 Å². The van der Waals surface area contributed by atoms with Crippen LogP contribution in [0, 0.1) is 0 Å². The van der Waals surface area contributed by atoms with Gasteiger partial charge in [-0.1, -0.05) is 6.07 Å². The van der Waals surface area contributed by atoms with Crippen LogP contribution in [0.1, 0.15) is 23.2 Å². The Morgan fingerprint density at radius 2 is 2.04 bits per heavy atom. The highest BCUT2D eigenvalue weighted by atomic mass is 16.5. The van der Waals surface area contributed by atoms with Crippen molar-refractivity contribution in [3.8, 4) is 0 Å². The first-order chi connectivity index (χ1) is 11.0. The van der Waals surface area contributed by atoms with Gasteiger partial charge in [0.05, 0.1) is 0 Å². The number of hydrogen-bond acceptors (Lipinski definition) is 4. The minimum atomic E-state index is -0.378. The third-order valence-corrected chi connectivity index (χ3v) is 3.83. The lowest BCUT2D eigenvalue weighted by molar-refractivity contribution is -0.124. The summed E-state index contributed by atoms with van der Waals surface area (Å²) in [6, 6.07) is 7.03. The number of amides is 2. The van der Waals surface area contributed by atoms with Crippen molar-refractivity contribution in [2.24, 2.45) is 0 Å². The van der Waals surface area contributed by atoms with Crippen LogP contribution in [0.4, 0.5) is 5.69 Å². The number of benzene rings is 1. The summed E-state index contributed by atoms with van der Waals surface area (Å²) in [5.41, 5.74) is 1.19. The van der Waals surface area contributed by atoms with E-state index in [0.29, 0.717) is 24.4 Å². The van der Waals surface area contributed by atoms with Gasteiger partial charge in [0, 0.05) is 38.0 Å². The van der Waals surface area contributed by atoms with Gasteiger partial charge in [-0.3, -0.25) is 9.59 Å². The van der Waals surface area contributed by atoms with Crippen molar-refractivity contribution in [1.29, 1.82) is 0 Å². The van der Waals surface area contributed by atoms with Crippen LogP contribution in [0.2, 0.25) is 0 Å². The molecule has 1 aliphatic rings. The maximum Gasteiger partial charge on any atom is 0.253 e. The standard InChI is InChI=1S/C17H25N3O3/c1-19(2)9-10-20(3)17(22)13-6-4-7-14(12-13)18-16(21)15-8-5-11-23-15/h4,6-7,12,15H,5,8-11H2,1-3H3,(H,18,21). The lowest BCUT2D eigenvalue weighted by Gasteiger charge is -2.20. The SMILES string of the molecule is CN(C)CCN(C)C(=O)c1cccc(NC(=O)C2CCCO2)c1. The van der Waals surface area contributed by atoms with Gasteiger partial charge in [0.2, 0.25) is 0 Å². The van der Waals surface area contributed by atoms with Gasteiger partial charge in [-0.25, -0.2) is 0 Å². The van der Waals surface area contributed by atoms with Gasteiger partial charge >= 0.3 is 0 Å². The van der Waals surface area contributed by atoms with Crippen LogP contribution in [0.25, 0.3) is 0 Å². The zero-order valence-electron chi connectivity index (χ0n) is 14.0. The minimum absolute atomic E-state index is 0.0555.